The fraction of sp³-hybridized carbons (Fsp3) is 0.333. The molecule has 0 spiro atoms. The molecule has 1 fully saturated rings. The zero-order valence-electron chi connectivity index (χ0n) is 9.18. The monoisotopic (exact) mass is 231 g/mol. The van der Waals surface area contributed by atoms with Crippen molar-refractivity contribution in [1.82, 2.24) is 9.97 Å². The van der Waals surface area contributed by atoms with Crippen molar-refractivity contribution < 1.29 is 9.90 Å². The van der Waals surface area contributed by atoms with Gasteiger partial charge in [0.05, 0.1) is 23.3 Å². The first-order valence-corrected chi connectivity index (χ1v) is 5.64. The Morgan fingerprint density at radius 1 is 1.59 bits per heavy atom. The smallest absolute Gasteiger partial charge is 0.306 e. The molecular weight excluding hydrogens is 218 g/mol. The van der Waals surface area contributed by atoms with Crippen LogP contribution in [-0.2, 0) is 4.79 Å². The Labute approximate surface area is 97.9 Å². The van der Waals surface area contributed by atoms with Crippen LogP contribution in [0, 0.1) is 11.8 Å². The highest BCUT2D eigenvalue weighted by atomic mass is 16.4. The predicted octanol–water partition coefficient (Wildman–Crippen LogP) is 1.70. The van der Waals surface area contributed by atoms with Crippen molar-refractivity contribution in [2.24, 2.45) is 11.8 Å². The minimum absolute atomic E-state index is 0.154. The third-order valence-corrected chi connectivity index (χ3v) is 3.23. The molecule has 2 atom stereocenters. The largest absolute Gasteiger partial charge is 0.481 e. The summed E-state index contributed by atoms with van der Waals surface area (Å²) in [6.07, 6.45) is 2.45. The summed E-state index contributed by atoms with van der Waals surface area (Å²) in [5, 5.41) is 12.1. The first-order chi connectivity index (χ1) is 8.24. The Balaban J connectivity index is 1.63. The number of carboxylic acid groups (broad SMARTS) is 1. The van der Waals surface area contributed by atoms with Crippen LogP contribution in [0.25, 0.3) is 11.0 Å². The van der Waals surface area contributed by atoms with Crippen LogP contribution in [0.1, 0.15) is 6.42 Å². The molecule has 1 aliphatic carbocycles. The molecule has 5 heteroatoms. The molecule has 0 saturated heterocycles. The number of imidazole rings is 1. The van der Waals surface area contributed by atoms with Crippen LogP contribution < -0.4 is 5.32 Å². The number of anilines is 1. The highest BCUT2D eigenvalue weighted by Gasteiger charge is 2.42. The van der Waals surface area contributed by atoms with Crippen LogP contribution in [0.3, 0.4) is 0 Å². The molecule has 1 saturated carbocycles. The van der Waals surface area contributed by atoms with Gasteiger partial charge in [0.2, 0.25) is 0 Å². The standard InChI is InChI=1S/C12H13N3O2/c16-12(17)9-3-7(9)5-13-8-1-2-10-11(4-8)15-6-14-10/h1-2,4,6-7,9,13H,3,5H2,(H,14,15)(H,16,17). The molecule has 0 aliphatic heterocycles. The second kappa shape index (κ2) is 3.76. The van der Waals surface area contributed by atoms with E-state index in [9.17, 15) is 4.79 Å². The summed E-state index contributed by atoms with van der Waals surface area (Å²) in [5.74, 6) is -0.566. The number of rotatable bonds is 4. The van der Waals surface area contributed by atoms with Crippen LogP contribution in [0.2, 0.25) is 0 Å². The van der Waals surface area contributed by atoms with Gasteiger partial charge in [-0.2, -0.15) is 0 Å². The summed E-state index contributed by atoms with van der Waals surface area (Å²) in [7, 11) is 0. The van der Waals surface area contributed by atoms with Crippen molar-refractivity contribution in [3.05, 3.63) is 24.5 Å². The van der Waals surface area contributed by atoms with Gasteiger partial charge in [-0.15, -0.1) is 0 Å². The first-order valence-electron chi connectivity index (χ1n) is 5.64. The lowest BCUT2D eigenvalue weighted by Gasteiger charge is -2.05. The molecule has 88 valence electrons. The van der Waals surface area contributed by atoms with Crippen LogP contribution in [-0.4, -0.2) is 27.6 Å². The lowest BCUT2D eigenvalue weighted by atomic mass is 10.2. The average Bonchev–Trinajstić information content (AvgIpc) is 2.95. The fourth-order valence-electron chi connectivity index (χ4n) is 2.07. The SMILES string of the molecule is O=C(O)C1CC1CNc1ccc2nc[nH]c2c1. The summed E-state index contributed by atoms with van der Waals surface area (Å²) < 4.78 is 0. The summed E-state index contributed by atoms with van der Waals surface area (Å²) in [4.78, 5) is 17.9. The van der Waals surface area contributed by atoms with Gasteiger partial charge in [-0.3, -0.25) is 4.79 Å². The number of hydrogen-bond acceptors (Lipinski definition) is 3. The minimum Gasteiger partial charge on any atom is -0.481 e. The quantitative estimate of drug-likeness (QED) is 0.748. The number of nitrogens with one attached hydrogen (secondary N) is 2. The predicted molar refractivity (Wildman–Crippen MR) is 63.8 cm³/mol. The molecule has 0 amide bonds. The maximum absolute atomic E-state index is 10.7. The number of aromatic nitrogens is 2. The van der Waals surface area contributed by atoms with E-state index < -0.39 is 5.97 Å². The van der Waals surface area contributed by atoms with Gasteiger partial charge in [0, 0.05) is 12.2 Å². The molecule has 0 bridgehead atoms. The lowest BCUT2D eigenvalue weighted by Crippen LogP contribution is -2.08. The van der Waals surface area contributed by atoms with E-state index >= 15 is 0 Å². The second-order valence-electron chi connectivity index (χ2n) is 4.46. The molecular formula is C12H13N3O2. The number of fused-ring (bicyclic) bond motifs is 1. The Morgan fingerprint density at radius 2 is 2.47 bits per heavy atom. The number of carbonyl (C=O) groups is 1. The fourth-order valence-corrected chi connectivity index (χ4v) is 2.07. The molecule has 1 aliphatic rings. The van der Waals surface area contributed by atoms with Crippen LogP contribution in [0.15, 0.2) is 24.5 Å². The van der Waals surface area contributed by atoms with E-state index in [1.54, 1.807) is 6.33 Å². The number of nitrogens with zero attached hydrogens (tertiary/aromatic N) is 1. The van der Waals surface area contributed by atoms with Crippen LogP contribution >= 0.6 is 0 Å². The number of carboxylic acids is 1. The van der Waals surface area contributed by atoms with E-state index in [0.717, 1.165) is 29.7 Å². The van der Waals surface area contributed by atoms with Crippen molar-refractivity contribution in [2.75, 3.05) is 11.9 Å². The van der Waals surface area contributed by atoms with Gasteiger partial charge in [-0.1, -0.05) is 0 Å². The Bertz CT molecular complexity index is 564. The molecule has 5 nitrogen and oxygen atoms in total. The van der Waals surface area contributed by atoms with Crippen molar-refractivity contribution >= 4 is 22.7 Å². The molecule has 1 aromatic carbocycles. The molecule has 1 heterocycles. The Kier molecular flexibility index (Phi) is 2.24. The molecule has 2 aromatic rings. The van der Waals surface area contributed by atoms with E-state index in [0.29, 0.717) is 0 Å². The zero-order chi connectivity index (χ0) is 11.8. The highest BCUT2D eigenvalue weighted by Crippen LogP contribution is 2.38. The van der Waals surface area contributed by atoms with Crippen molar-refractivity contribution in [3.8, 4) is 0 Å². The Morgan fingerprint density at radius 3 is 3.24 bits per heavy atom. The molecule has 17 heavy (non-hydrogen) atoms. The van der Waals surface area contributed by atoms with E-state index in [1.165, 1.54) is 0 Å². The average molecular weight is 231 g/mol. The molecule has 3 rings (SSSR count). The number of aromatic amines is 1. The van der Waals surface area contributed by atoms with Crippen molar-refractivity contribution in [3.63, 3.8) is 0 Å². The van der Waals surface area contributed by atoms with Gasteiger partial charge >= 0.3 is 5.97 Å². The summed E-state index contributed by atoms with van der Waals surface area (Å²) in [6, 6.07) is 5.89. The van der Waals surface area contributed by atoms with Gasteiger partial charge in [-0.25, -0.2) is 4.98 Å². The van der Waals surface area contributed by atoms with Crippen LogP contribution in [0.4, 0.5) is 5.69 Å². The lowest BCUT2D eigenvalue weighted by molar-refractivity contribution is -0.138. The van der Waals surface area contributed by atoms with Crippen molar-refractivity contribution in [1.29, 1.82) is 0 Å². The number of aliphatic carboxylic acids is 1. The maximum Gasteiger partial charge on any atom is 0.306 e. The summed E-state index contributed by atoms with van der Waals surface area (Å²) in [5.41, 5.74) is 2.92. The Hall–Kier alpha value is -2.04. The zero-order valence-corrected chi connectivity index (χ0v) is 9.18. The van der Waals surface area contributed by atoms with E-state index in [1.807, 2.05) is 18.2 Å². The van der Waals surface area contributed by atoms with E-state index in [-0.39, 0.29) is 11.8 Å². The molecule has 2 unspecified atom stereocenters. The number of benzene rings is 1. The molecule has 1 aromatic heterocycles. The third-order valence-electron chi connectivity index (χ3n) is 3.23. The number of H-pyrrole nitrogens is 1. The highest BCUT2D eigenvalue weighted by molar-refractivity contribution is 5.78. The topological polar surface area (TPSA) is 78.0 Å². The minimum atomic E-state index is -0.680. The van der Waals surface area contributed by atoms with Gasteiger partial charge in [0.25, 0.3) is 0 Å². The van der Waals surface area contributed by atoms with E-state index in [2.05, 4.69) is 15.3 Å². The summed E-state index contributed by atoms with van der Waals surface area (Å²) >= 11 is 0. The third kappa shape index (κ3) is 1.95. The molecule has 3 N–H and O–H groups in total. The normalized spacial score (nSPS) is 22.6. The number of hydrogen-bond donors (Lipinski definition) is 3. The summed E-state index contributed by atoms with van der Waals surface area (Å²) in [6.45, 7) is 0.719. The van der Waals surface area contributed by atoms with Gasteiger partial charge in [0.15, 0.2) is 0 Å². The first kappa shape index (κ1) is 10.1. The van der Waals surface area contributed by atoms with E-state index in [4.69, 9.17) is 5.11 Å². The second-order valence-corrected chi connectivity index (χ2v) is 4.46. The van der Waals surface area contributed by atoms with Gasteiger partial charge in [0.1, 0.15) is 0 Å². The molecule has 0 radical (unpaired) electrons. The van der Waals surface area contributed by atoms with Gasteiger partial charge in [-0.05, 0) is 30.5 Å². The van der Waals surface area contributed by atoms with Crippen LogP contribution in [0.5, 0.6) is 0 Å². The maximum atomic E-state index is 10.7. The van der Waals surface area contributed by atoms with Crippen molar-refractivity contribution in [2.45, 2.75) is 6.42 Å². The van der Waals surface area contributed by atoms with Gasteiger partial charge < -0.3 is 15.4 Å².